The van der Waals surface area contributed by atoms with Gasteiger partial charge in [0.05, 0.1) is 11.8 Å². The summed E-state index contributed by atoms with van der Waals surface area (Å²) >= 11 is 0. The van der Waals surface area contributed by atoms with E-state index in [9.17, 15) is 23.8 Å². The summed E-state index contributed by atoms with van der Waals surface area (Å²) in [6.07, 6.45) is 0.214. The number of amides is 1. The van der Waals surface area contributed by atoms with Crippen LogP contribution in [0.1, 0.15) is 30.3 Å². The first kappa shape index (κ1) is 14.8. The van der Waals surface area contributed by atoms with E-state index in [0.717, 1.165) is 6.20 Å². The van der Waals surface area contributed by atoms with Crippen LogP contribution in [0.4, 0.5) is 8.78 Å². The number of hydrogen-bond donors (Lipinski definition) is 2. The highest BCUT2D eigenvalue weighted by Gasteiger charge is 2.41. The molecule has 0 radical (unpaired) electrons. The molecule has 0 aliphatic carbocycles. The first-order valence-corrected chi connectivity index (χ1v) is 6.38. The van der Waals surface area contributed by atoms with Crippen LogP contribution in [-0.4, -0.2) is 50.8 Å². The van der Waals surface area contributed by atoms with Crippen molar-refractivity contribution < 1.29 is 23.8 Å². The Hall–Kier alpha value is -1.60. The number of carbonyl (C=O) groups is 1. The fraction of sp³-hybridized carbons (Fsp3) is 0.538. The molecular weight excluding hydrogens is 270 g/mol. The molecule has 110 valence electrons. The van der Waals surface area contributed by atoms with E-state index in [4.69, 9.17) is 0 Å². The highest BCUT2D eigenvalue weighted by atomic mass is 19.1. The number of halogens is 2. The van der Waals surface area contributed by atoms with Crippen LogP contribution >= 0.6 is 0 Å². The lowest BCUT2D eigenvalue weighted by Crippen LogP contribution is -2.56. The number of aromatic nitrogens is 1. The molecule has 5 nitrogen and oxygen atoms in total. The van der Waals surface area contributed by atoms with Crippen LogP contribution in [0.15, 0.2) is 12.3 Å². The maximum Gasteiger partial charge on any atom is 0.275 e. The molecule has 2 N–H and O–H groups in total. The summed E-state index contributed by atoms with van der Waals surface area (Å²) in [6.45, 7) is 1.81. The van der Waals surface area contributed by atoms with E-state index in [1.54, 1.807) is 6.92 Å². The molecule has 7 heteroatoms. The van der Waals surface area contributed by atoms with Gasteiger partial charge in [0.15, 0.2) is 11.5 Å². The minimum absolute atomic E-state index is 0.109. The van der Waals surface area contributed by atoms with E-state index in [2.05, 4.69) is 4.98 Å². The highest BCUT2D eigenvalue weighted by Crippen LogP contribution is 2.26. The summed E-state index contributed by atoms with van der Waals surface area (Å²) in [4.78, 5) is 16.7. The van der Waals surface area contributed by atoms with E-state index < -0.39 is 34.9 Å². The van der Waals surface area contributed by atoms with Crippen LogP contribution in [0.25, 0.3) is 0 Å². The summed E-state index contributed by atoms with van der Waals surface area (Å²) in [7, 11) is 0. The standard InChI is InChI=1S/C13H16F2N2O3/c1-2-13(20)3-4-17(7-10(13)18)12(19)11-9(15)5-8(14)6-16-11/h5-6,10,18,20H,2-4,7H2,1H3/t10-,13-/m1/s1. The number of nitrogens with zero attached hydrogens (tertiary/aromatic N) is 2. The Morgan fingerprint density at radius 3 is 2.85 bits per heavy atom. The molecule has 1 saturated heterocycles. The van der Waals surface area contributed by atoms with Crippen molar-refractivity contribution in [1.82, 2.24) is 9.88 Å². The maximum atomic E-state index is 13.5. The molecule has 0 bridgehead atoms. The van der Waals surface area contributed by atoms with Crippen molar-refractivity contribution in [3.63, 3.8) is 0 Å². The normalized spacial score (nSPS) is 26.6. The first-order valence-electron chi connectivity index (χ1n) is 6.38. The van der Waals surface area contributed by atoms with Crippen molar-refractivity contribution in [2.24, 2.45) is 0 Å². The van der Waals surface area contributed by atoms with E-state index in [1.807, 2.05) is 0 Å². The van der Waals surface area contributed by atoms with Crippen LogP contribution in [0.2, 0.25) is 0 Å². The van der Waals surface area contributed by atoms with E-state index in [0.29, 0.717) is 12.5 Å². The molecule has 1 amide bonds. The zero-order valence-electron chi connectivity index (χ0n) is 11.0. The summed E-state index contributed by atoms with van der Waals surface area (Å²) in [5, 5.41) is 20.0. The molecule has 0 saturated carbocycles. The van der Waals surface area contributed by atoms with Gasteiger partial charge in [-0.25, -0.2) is 13.8 Å². The predicted octanol–water partition coefficient (Wildman–Crippen LogP) is 0.708. The largest absolute Gasteiger partial charge is 0.388 e. The van der Waals surface area contributed by atoms with E-state index >= 15 is 0 Å². The molecule has 1 aliphatic heterocycles. The molecule has 0 spiro atoms. The number of rotatable bonds is 2. The van der Waals surface area contributed by atoms with Gasteiger partial charge < -0.3 is 15.1 Å². The number of piperidine rings is 1. The van der Waals surface area contributed by atoms with Gasteiger partial charge in [0.2, 0.25) is 0 Å². The molecule has 20 heavy (non-hydrogen) atoms. The molecule has 1 fully saturated rings. The van der Waals surface area contributed by atoms with Crippen molar-refractivity contribution in [2.75, 3.05) is 13.1 Å². The van der Waals surface area contributed by atoms with Crippen LogP contribution in [-0.2, 0) is 0 Å². The number of likely N-dealkylation sites (tertiary alicyclic amines) is 1. The number of aliphatic hydroxyl groups is 2. The molecule has 2 heterocycles. The lowest BCUT2D eigenvalue weighted by molar-refractivity contribution is -0.114. The van der Waals surface area contributed by atoms with Gasteiger partial charge in [0.1, 0.15) is 11.9 Å². The lowest BCUT2D eigenvalue weighted by Gasteiger charge is -2.41. The Labute approximate surface area is 114 Å². The number of aliphatic hydroxyl groups excluding tert-OH is 1. The van der Waals surface area contributed by atoms with Crippen molar-refractivity contribution in [1.29, 1.82) is 0 Å². The SMILES string of the molecule is CC[C@@]1(O)CCN(C(=O)c2ncc(F)cc2F)C[C@H]1O. The van der Waals surface area contributed by atoms with Gasteiger partial charge in [-0.1, -0.05) is 6.92 Å². The quantitative estimate of drug-likeness (QED) is 0.839. The summed E-state index contributed by atoms with van der Waals surface area (Å²) in [6, 6.07) is 0.586. The summed E-state index contributed by atoms with van der Waals surface area (Å²) < 4.78 is 26.3. The van der Waals surface area contributed by atoms with Gasteiger partial charge in [0.25, 0.3) is 5.91 Å². The number of carbonyl (C=O) groups excluding carboxylic acids is 1. The minimum atomic E-state index is -1.23. The number of hydrogen-bond acceptors (Lipinski definition) is 4. The van der Waals surface area contributed by atoms with Gasteiger partial charge in [-0.15, -0.1) is 0 Å². The van der Waals surface area contributed by atoms with Gasteiger partial charge in [-0.05, 0) is 12.8 Å². The fourth-order valence-corrected chi connectivity index (χ4v) is 2.28. The maximum absolute atomic E-state index is 13.5. The second kappa shape index (κ2) is 5.41. The zero-order valence-corrected chi connectivity index (χ0v) is 11.0. The molecule has 1 aromatic rings. The molecule has 0 unspecified atom stereocenters. The average Bonchev–Trinajstić information content (AvgIpc) is 2.41. The van der Waals surface area contributed by atoms with Crippen molar-refractivity contribution >= 4 is 5.91 Å². The van der Waals surface area contributed by atoms with Crippen LogP contribution < -0.4 is 0 Å². The molecule has 2 atom stereocenters. The second-order valence-electron chi connectivity index (χ2n) is 4.96. The molecule has 0 aromatic carbocycles. The van der Waals surface area contributed by atoms with E-state index in [-0.39, 0.29) is 19.5 Å². The zero-order chi connectivity index (χ0) is 14.9. The number of β-amino-alcohol motifs (C(OH)–C–C–N with tert-alkyl or cyclic N) is 1. The third kappa shape index (κ3) is 2.64. The van der Waals surface area contributed by atoms with E-state index in [1.165, 1.54) is 4.90 Å². The topological polar surface area (TPSA) is 73.7 Å². The smallest absolute Gasteiger partial charge is 0.275 e. The van der Waals surface area contributed by atoms with Crippen LogP contribution in [0, 0.1) is 11.6 Å². The summed E-state index contributed by atoms with van der Waals surface area (Å²) in [5.41, 5.74) is -1.72. The van der Waals surface area contributed by atoms with Crippen molar-refractivity contribution in [3.8, 4) is 0 Å². The third-order valence-electron chi connectivity index (χ3n) is 3.74. The van der Waals surface area contributed by atoms with Crippen molar-refractivity contribution in [2.45, 2.75) is 31.5 Å². The molecule has 2 rings (SSSR count). The Morgan fingerprint density at radius 2 is 2.30 bits per heavy atom. The fourth-order valence-electron chi connectivity index (χ4n) is 2.28. The van der Waals surface area contributed by atoms with Crippen molar-refractivity contribution in [3.05, 3.63) is 29.6 Å². The average molecular weight is 286 g/mol. The third-order valence-corrected chi connectivity index (χ3v) is 3.74. The molecule has 1 aliphatic rings. The Morgan fingerprint density at radius 1 is 1.60 bits per heavy atom. The monoisotopic (exact) mass is 286 g/mol. The Balaban J connectivity index is 2.15. The van der Waals surface area contributed by atoms with Gasteiger partial charge in [0, 0.05) is 19.2 Å². The number of pyridine rings is 1. The summed E-state index contributed by atoms with van der Waals surface area (Å²) in [5.74, 6) is -2.63. The first-order chi connectivity index (χ1) is 9.37. The lowest BCUT2D eigenvalue weighted by atomic mass is 9.86. The van der Waals surface area contributed by atoms with Crippen LogP contribution in [0.5, 0.6) is 0 Å². The second-order valence-corrected chi connectivity index (χ2v) is 4.96. The van der Waals surface area contributed by atoms with Gasteiger partial charge >= 0.3 is 0 Å². The highest BCUT2D eigenvalue weighted by molar-refractivity contribution is 5.92. The minimum Gasteiger partial charge on any atom is -0.388 e. The Bertz CT molecular complexity index is 526. The molecule has 1 aromatic heterocycles. The predicted molar refractivity (Wildman–Crippen MR) is 65.9 cm³/mol. The van der Waals surface area contributed by atoms with Gasteiger partial charge in [-0.2, -0.15) is 0 Å². The molecular formula is C13H16F2N2O3. The Kier molecular flexibility index (Phi) is 4.01. The van der Waals surface area contributed by atoms with Crippen LogP contribution in [0.3, 0.4) is 0 Å². The van der Waals surface area contributed by atoms with Gasteiger partial charge in [-0.3, -0.25) is 4.79 Å².